The van der Waals surface area contributed by atoms with Crippen molar-refractivity contribution in [3.8, 4) is 0 Å². The average molecular weight is 163 g/mol. The Labute approximate surface area is 65.8 Å². The van der Waals surface area contributed by atoms with E-state index in [9.17, 15) is 5.21 Å². The van der Waals surface area contributed by atoms with Gasteiger partial charge in [-0.25, -0.2) is 0 Å². The lowest BCUT2D eigenvalue weighted by molar-refractivity contribution is -0.0785. The molecule has 0 aliphatic rings. The SMILES string of the molecule is CCCC(C)(CC)N(O)P. The van der Waals surface area contributed by atoms with E-state index >= 15 is 0 Å². The summed E-state index contributed by atoms with van der Waals surface area (Å²) in [6.07, 6.45) is 3.11. The van der Waals surface area contributed by atoms with Crippen molar-refractivity contribution in [2.24, 2.45) is 0 Å². The largest absolute Gasteiger partial charge is 0.310 e. The number of hydrogen-bond donors (Lipinski definition) is 1. The molecule has 0 spiro atoms. The summed E-state index contributed by atoms with van der Waals surface area (Å²) in [5.74, 6) is 0. The van der Waals surface area contributed by atoms with Gasteiger partial charge < -0.3 is 5.21 Å². The van der Waals surface area contributed by atoms with Gasteiger partial charge in [-0.2, -0.15) is 4.83 Å². The first kappa shape index (κ1) is 10.3. The Hall–Kier alpha value is 0.350. The number of hydrogen-bond acceptors (Lipinski definition) is 2. The maximum atomic E-state index is 9.20. The fourth-order valence-electron chi connectivity index (χ4n) is 0.992. The van der Waals surface area contributed by atoms with Gasteiger partial charge in [-0.1, -0.05) is 20.3 Å². The fourth-order valence-corrected chi connectivity index (χ4v) is 1.30. The fraction of sp³-hybridized carbons (Fsp3) is 1.00. The van der Waals surface area contributed by atoms with Gasteiger partial charge in [-0.15, -0.1) is 0 Å². The van der Waals surface area contributed by atoms with Gasteiger partial charge in [0.15, 0.2) is 0 Å². The Kier molecular flexibility index (Phi) is 4.42. The molecule has 0 aliphatic heterocycles. The molecule has 0 saturated carbocycles. The van der Waals surface area contributed by atoms with Crippen LogP contribution in [0.25, 0.3) is 0 Å². The molecule has 1 N–H and O–H groups in total. The third kappa shape index (κ3) is 2.53. The highest BCUT2D eigenvalue weighted by Crippen LogP contribution is 2.25. The maximum absolute atomic E-state index is 9.20. The molecule has 0 aromatic heterocycles. The van der Waals surface area contributed by atoms with Crippen LogP contribution in [0, 0.1) is 0 Å². The zero-order chi connectivity index (χ0) is 8.20. The van der Waals surface area contributed by atoms with E-state index in [-0.39, 0.29) is 5.54 Å². The van der Waals surface area contributed by atoms with Crippen LogP contribution < -0.4 is 0 Å². The van der Waals surface area contributed by atoms with Gasteiger partial charge in [0.05, 0.1) is 0 Å². The Bertz CT molecular complexity index is 97.6. The minimum absolute atomic E-state index is 0.0561. The predicted octanol–water partition coefficient (Wildman–Crippen LogP) is 2.44. The molecule has 62 valence electrons. The molecule has 0 heterocycles. The van der Waals surface area contributed by atoms with Crippen LogP contribution in [0.3, 0.4) is 0 Å². The number of nitrogens with zero attached hydrogens (tertiary/aromatic N) is 1. The lowest BCUT2D eigenvalue weighted by Gasteiger charge is -2.32. The molecule has 10 heavy (non-hydrogen) atoms. The summed E-state index contributed by atoms with van der Waals surface area (Å²) >= 11 is 0. The molecule has 0 amide bonds. The molecule has 2 nitrogen and oxygen atoms in total. The molecule has 0 saturated heterocycles. The highest BCUT2D eigenvalue weighted by atomic mass is 31.0. The Morgan fingerprint density at radius 2 is 2.00 bits per heavy atom. The van der Waals surface area contributed by atoms with Crippen LogP contribution in [0.5, 0.6) is 0 Å². The van der Waals surface area contributed by atoms with Crippen LogP contribution >= 0.6 is 9.39 Å². The van der Waals surface area contributed by atoms with Gasteiger partial charge in [0.25, 0.3) is 0 Å². The van der Waals surface area contributed by atoms with Crippen molar-refractivity contribution in [3.63, 3.8) is 0 Å². The molecule has 0 radical (unpaired) electrons. The van der Waals surface area contributed by atoms with Crippen LogP contribution in [0.1, 0.15) is 40.0 Å². The Balaban J connectivity index is 3.94. The third-order valence-electron chi connectivity index (χ3n) is 2.10. The van der Waals surface area contributed by atoms with Crippen LogP contribution in [-0.4, -0.2) is 15.6 Å². The minimum Gasteiger partial charge on any atom is -0.310 e. The molecular weight excluding hydrogens is 145 g/mol. The second-order valence-corrected chi connectivity index (χ2v) is 3.43. The van der Waals surface area contributed by atoms with Crippen LogP contribution in [0.15, 0.2) is 0 Å². The minimum atomic E-state index is -0.0561. The predicted molar refractivity (Wildman–Crippen MR) is 46.9 cm³/mol. The van der Waals surface area contributed by atoms with Crippen molar-refractivity contribution in [2.75, 3.05) is 0 Å². The summed E-state index contributed by atoms with van der Waals surface area (Å²) in [6.45, 7) is 6.27. The van der Waals surface area contributed by atoms with E-state index in [4.69, 9.17) is 0 Å². The van der Waals surface area contributed by atoms with Crippen molar-refractivity contribution in [1.82, 2.24) is 4.83 Å². The van der Waals surface area contributed by atoms with Crippen molar-refractivity contribution in [1.29, 1.82) is 0 Å². The van der Waals surface area contributed by atoms with Gasteiger partial charge in [0.1, 0.15) is 0 Å². The van der Waals surface area contributed by atoms with Gasteiger partial charge in [-0.3, -0.25) is 0 Å². The molecule has 0 aromatic carbocycles. The van der Waals surface area contributed by atoms with Gasteiger partial charge in [-0.05, 0) is 29.2 Å². The average Bonchev–Trinajstić information content (AvgIpc) is 1.88. The second-order valence-electron chi connectivity index (χ2n) is 2.95. The van der Waals surface area contributed by atoms with Gasteiger partial charge in [0, 0.05) is 5.54 Å². The lowest BCUT2D eigenvalue weighted by atomic mass is 9.94. The topological polar surface area (TPSA) is 23.5 Å². The van der Waals surface area contributed by atoms with Crippen molar-refractivity contribution in [3.05, 3.63) is 0 Å². The maximum Gasteiger partial charge on any atom is 0.0464 e. The van der Waals surface area contributed by atoms with E-state index in [1.54, 1.807) is 0 Å². The first-order chi connectivity index (χ1) is 4.56. The first-order valence-corrected chi connectivity index (χ1v) is 4.32. The lowest BCUT2D eigenvalue weighted by Crippen LogP contribution is -2.36. The second kappa shape index (κ2) is 4.27. The smallest absolute Gasteiger partial charge is 0.0464 e. The van der Waals surface area contributed by atoms with Gasteiger partial charge >= 0.3 is 0 Å². The Morgan fingerprint density at radius 1 is 1.50 bits per heavy atom. The van der Waals surface area contributed by atoms with Crippen molar-refractivity contribution in [2.45, 2.75) is 45.6 Å². The molecule has 0 rings (SSSR count). The van der Waals surface area contributed by atoms with Crippen LogP contribution in [0.4, 0.5) is 0 Å². The van der Waals surface area contributed by atoms with E-state index in [0.717, 1.165) is 19.3 Å². The first-order valence-electron chi connectivity index (χ1n) is 3.80. The molecule has 3 heteroatoms. The summed E-state index contributed by atoms with van der Waals surface area (Å²) in [5, 5.41) is 9.20. The molecule has 2 atom stereocenters. The van der Waals surface area contributed by atoms with E-state index < -0.39 is 0 Å². The van der Waals surface area contributed by atoms with E-state index in [2.05, 4.69) is 30.2 Å². The molecular formula is C7H18NOP. The summed E-state index contributed by atoms with van der Waals surface area (Å²) in [6, 6.07) is 0. The monoisotopic (exact) mass is 163 g/mol. The van der Waals surface area contributed by atoms with Crippen molar-refractivity contribution < 1.29 is 5.21 Å². The summed E-state index contributed by atoms with van der Waals surface area (Å²) in [7, 11) is 2.31. The molecule has 0 aliphatic carbocycles. The van der Waals surface area contributed by atoms with Gasteiger partial charge in [0.2, 0.25) is 0 Å². The highest BCUT2D eigenvalue weighted by molar-refractivity contribution is 7.13. The standard InChI is InChI=1S/C7H18NOP/c1-4-6-7(3,5-2)8(9)10/h9H,4-6,10H2,1-3H3. The highest BCUT2D eigenvalue weighted by Gasteiger charge is 2.24. The van der Waals surface area contributed by atoms with E-state index in [1.807, 2.05) is 0 Å². The molecule has 2 unspecified atom stereocenters. The quantitative estimate of drug-likeness (QED) is 0.508. The number of rotatable bonds is 4. The summed E-state index contributed by atoms with van der Waals surface area (Å²) < 4.78 is 0. The van der Waals surface area contributed by atoms with E-state index in [0.29, 0.717) is 0 Å². The summed E-state index contributed by atoms with van der Waals surface area (Å²) in [5.41, 5.74) is -0.0561. The van der Waals surface area contributed by atoms with Crippen LogP contribution in [0.2, 0.25) is 0 Å². The van der Waals surface area contributed by atoms with Crippen LogP contribution in [-0.2, 0) is 0 Å². The zero-order valence-corrected chi connectivity index (χ0v) is 8.25. The zero-order valence-electron chi connectivity index (χ0n) is 7.09. The molecule has 0 bridgehead atoms. The molecule has 0 aromatic rings. The summed E-state index contributed by atoms with van der Waals surface area (Å²) in [4.78, 5) is 1.25. The normalized spacial score (nSPS) is 17.4. The third-order valence-corrected chi connectivity index (χ3v) is 2.73. The molecule has 0 fully saturated rings. The van der Waals surface area contributed by atoms with Crippen molar-refractivity contribution >= 4 is 9.39 Å². The van der Waals surface area contributed by atoms with E-state index in [1.165, 1.54) is 4.83 Å². The Morgan fingerprint density at radius 3 is 2.10 bits per heavy atom. The number of hydroxylamine groups is 1.